The number of aromatic nitrogens is 1. The van der Waals surface area contributed by atoms with E-state index in [0.717, 1.165) is 23.5 Å². The van der Waals surface area contributed by atoms with Gasteiger partial charge in [-0.05, 0) is 31.5 Å². The summed E-state index contributed by atoms with van der Waals surface area (Å²) in [6, 6.07) is 5.81. The van der Waals surface area contributed by atoms with Crippen LogP contribution < -0.4 is 4.74 Å². The van der Waals surface area contributed by atoms with Crippen LogP contribution >= 0.6 is 23.1 Å². The lowest BCUT2D eigenvalue weighted by molar-refractivity contribution is 0.491. The van der Waals surface area contributed by atoms with E-state index in [1.165, 1.54) is 11.5 Å². The Morgan fingerprint density at radius 2 is 2.12 bits per heavy atom. The van der Waals surface area contributed by atoms with Gasteiger partial charge in [0.05, 0.1) is 22.7 Å². The molecule has 1 heterocycles. The van der Waals surface area contributed by atoms with Crippen LogP contribution in [-0.4, -0.2) is 29.2 Å². The SMILES string of the molecule is CCN(C)C=Nc1cc(Cl)c(Oc2snc(C(C)(C)C)c2C#N)cc1C. The maximum Gasteiger partial charge on any atom is 0.218 e. The standard InChI is InChI=1S/C19H23ClN4OS/c1-7-24(6)11-22-15-9-14(20)16(8-12(15)2)25-18-13(10-21)17(23-26-18)19(3,4)5/h8-9,11H,7H2,1-6H3. The molecule has 0 bridgehead atoms. The molecule has 0 spiro atoms. The van der Waals surface area contributed by atoms with Gasteiger partial charge in [0.2, 0.25) is 5.06 Å². The van der Waals surface area contributed by atoms with Crippen molar-refractivity contribution >= 4 is 35.2 Å². The predicted molar refractivity (Wildman–Crippen MR) is 108 cm³/mol. The molecule has 0 aliphatic rings. The van der Waals surface area contributed by atoms with Crippen LogP contribution in [0.2, 0.25) is 5.02 Å². The molecule has 1 aromatic carbocycles. The zero-order valence-corrected chi connectivity index (χ0v) is 17.5. The summed E-state index contributed by atoms with van der Waals surface area (Å²) in [5.74, 6) is 0.493. The average molecular weight is 391 g/mol. The fourth-order valence-electron chi connectivity index (χ4n) is 2.16. The molecule has 1 aromatic heterocycles. The van der Waals surface area contributed by atoms with Crippen LogP contribution in [0.4, 0.5) is 5.69 Å². The first-order chi connectivity index (χ1) is 12.2. The van der Waals surface area contributed by atoms with Crippen molar-refractivity contribution in [1.29, 1.82) is 5.26 Å². The first kappa shape index (κ1) is 20.2. The van der Waals surface area contributed by atoms with Gasteiger partial charge in [0.15, 0.2) is 0 Å². The number of ether oxygens (including phenoxy) is 1. The number of hydrogen-bond acceptors (Lipinski definition) is 5. The summed E-state index contributed by atoms with van der Waals surface area (Å²) in [5.41, 5.74) is 2.68. The lowest BCUT2D eigenvalue weighted by Crippen LogP contribution is -2.14. The highest BCUT2D eigenvalue weighted by Crippen LogP contribution is 2.40. The van der Waals surface area contributed by atoms with E-state index >= 15 is 0 Å². The smallest absolute Gasteiger partial charge is 0.218 e. The lowest BCUT2D eigenvalue weighted by atomic mass is 9.90. The van der Waals surface area contributed by atoms with E-state index in [-0.39, 0.29) is 5.41 Å². The molecule has 2 rings (SSSR count). The first-order valence-corrected chi connectivity index (χ1v) is 9.45. The van der Waals surface area contributed by atoms with Gasteiger partial charge in [-0.25, -0.2) is 4.99 Å². The molecule has 0 atom stereocenters. The van der Waals surface area contributed by atoms with E-state index in [1.54, 1.807) is 12.4 Å². The molecule has 0 saturated carbocycles. The topological polar surface area (TPSA) is 61.5 Å². The van der Waals surface area contributed by atoms with Crippen molar-refractivity contribution in [3.8, 4) is 16.9 Å². The molecule has 26 heavy (non-hydrogen) atoms. The summed E-state index contributed by atoms with van der Waals surface area (Å²) in [6.07, 6.45) is 1.77. The number of rotatable bonds is 5. The fraction of sp³-hybridized carbons (Fsp3) is 0.421. The largest absolute Gasteiger partial charge is 0.442 e. The summed E-state index contributed by atoms with van der Waals surface area (Å²) >= 11 is 7.55. The van der Waals surface area contributed by atoms with Gasteiger partial charge in [0.25, 0.3) is 0 Å². The van der Waals surface area contributed by atoms with Crippen molar-refractivity contribution in [2.45, 2.75) is 40.0 Å². The molecule has 0 saturated heterocycles. The van der Waals surface area contributed by atoms with Crippen molar-refractivity contribution in [2.75, 3.05) is 13.6 Å². The van der Waals surface area contributed by atoms with Gasteiger partial charge in [0.1, 0.15) is 17.4 Å². The zero-order chi connectivity index (χ0) is 19.5. The minimum absolute atomic E-state index is 0.229. The summed E-state index contributed by atoms with van der Waals surface area (Å²) in [7, 11) is 1.96. The second kappa shape index (κ2) is 8.07. The second-order valence-corrected chi connectivity index (χ2v) is 8.19. The molecule has 0 amide bonds. The van der Waals surface area contributed by atoms with E-state index in [0.29, 0.717) is 21.4 Å². The molecule has 0 N–H and O–H groups in total. The van der Waals surface area contributed by atoms with Crippen LogP contribution in [0, 0.1) is 18.3 Å². The first-order valence-electron chi connectivity index (χ1n) is 8.30. The minimum atomic E-state index is -0.229. The minimum Gasteiger partial charge on any atom is -0.442 e. The van der Waals surface area contributed by atoms with E-state index < -0.39 is 0 Å². The third-order valence-electron chi connectivity index (χ3n) is 3.83. The van der Waals surface area contributed by atoms with Crippen LogP contribution in [0.3, 0.4) is 0 Å². The van der Waals surface area contributed by atoms with Crippen LogP contribution in [0.1, 0.15) is 44.5 Å². The molecular weight excluding hydrogens is 368 g/mol. The summed E-state index contributed by atoms with van der Waals surface area (Å²) in [5, 5.41) is 10.4. The van der Waals surface area contributed by atoms with Gasteiger partial charge in [-0.15, -0.1) is 0 Å². The Morgan fingerprint density at radius 1 is 1.42 bits per heavy atom. The fourth-order valence-corrected chi connectivity index (χ4v) is 3.26. The zero-order valence-electron chi connectivity index (χ0n) is 15.9. The molecule has 0 unspecified atom stereocenters. The van der Waals surface area contributed by atoms with Crippen LogP contribution in [0.15, 0.2) is 17.1 Å². The molecule has 7 heteroatoms. The molecule has 0 aliphatic carbocycles. The van der Waals surface area contributed by atoms with E-state index in [1.807, 2.05) is 45.7 Å². The number of hydrogen-bond donors (Lipinski definition) is 0. The normalized spacial score (nSPS) is 11.6. The third kappa shape index (κ3) is 4.54. The number of aryl methyl sites for hydroxylation is 1. The molecule has 5 nitrogen and oxygen atoms in total. The monoisotopic (exact) mass is 390 g/mol. The van der Waals surface area contributed by atoms with Gasteiger partial charge >= 0.3 is 0 Å². The second-order valence-electron chi connectivity index (χ2n) is 7.04. The van der Waals surface area contributed by atoms with Crippen LogP contribution in [-0.2, 0) is 5.41 Å². The third-order valence-corrected chi connectivity index (χ3v) is 4.85. The van der Waals surface area contributed by atoms with E-state index in [2.05, 4.69) is 22.4 Å². The molecule has 0 aliphatic heterocycles. The van der Waals surface area contributed by atoms with Gasteiger partial charge < -0.3 is 9.64 Å². The molecule has 2 aromatic rings. The molecule has 138 valence electrons. The Bertz CT molecular complexity index is 862. The van der Waals surface area contributed by atoms with Crippen LogP contribution in [0.25, 0.3) is 0 Å². The Kier molecular flexibility index (Phi) is 6.27. The summed E-state index contributed by atoms with van der Waals surface area (Å²) in [6.45, 7) is 10.9. The van der Waals surface area contributed by atoms with Crippen molar-refractivity contribution in [1.82, 2.24) is 9.27 Å². The molecule has 0 radical (unpaired) electrons. The van der Waals surface area contributed by atoms with Gasteiger partial charge in [-0.3, -0.25) is 0 Å². The van der Waals surface area contributed by atoms with E-state index in [4.69, 9.17) is 16.3 Å². The summed E-state index contributed by atoms with van der Waals surface area (Å²) in [4.78, 5) is 6.43. The summed E-state index contributed by atoms with van der Waals surface area (Å²) < 4.78 is 10.3. The maximum atomic E-state index is 9.52. The van der Waals surface area contributed by atoms with Crippen molar-refractivity contribution in [3.05, 3.63) is 34.0 Å². The predicted octanol–water partition coefficient (Wildman–Crippen LogP) is 5.68. The number of nitrogens with zero attached hydrogens (tertiary/aromatic N) is 4. The van der Waals surface area contributed by atoms with Crippen LogP contribution in [0.5, 0.6) is 10.8 Å². The Balaban J connectivity index is 2.35. The maximum absolute atomic E-state index is 9.52. The van der Waals surface area contributed by atoms with Gasteiger partial charge in [-0.2, -0.15) is 9.64 Å². The van der Waals surface area contributed by atoms with Gasteiger partial charge in [-0.1, -0.05) is 32.4 Å². The Hall–Kier alpha value is -2.10. The molecule has 0 fully saturated rings. The van der Waals surface area contributed by atoms with Crippen molar-refractivity contribution in [2.24, 2.45) is 4.99 Å². The highest BCUT2D eigenvalue weighted by atomic mass is 35.5. The van der Waals surface area contributed by atoms with Gasteiger partial charge in [0, 0.05) is 30.5 Å². The number of halogens is 1. The molecular formula is C19H23ClN4OS. The quantitative estimate of drug-likeness (QED) is 0.486. The average Bonchev–Trinajstić information content (AvgIpc) is 2.99. The highest BCUT2D eigenvalue weighted by molar-refractivity contribution is 7.08. The highest BCUT2D eigenvalue weighted by Gasteiger charge is 2.26. The van der Waals surface area contributed by atoms with Crippen molar-refractivity contribution < 1.29 is 4.74 Å². The Labute approximate surface area is 164 Å². The number of benzene rings is 1. The number of nitriles is 1. The van der Waals surface area contributed by atoms with Crippen molar-refractivity contribution in [3.63, 3.8) is 0 Å². The number of aliphatic imine (C=N–C) groups is 1. The lowest BCUT2D eigenvalue weighted by Gasteiger charge is -2.15. The van der Waals surface area contributed by atoms with E-state index in [9.17, 15) is 5.26 Å². The Morgan fingerprint density at radius 3 is 2.69 bits per heavy atom.